The molecule has 1 heterocycles. The molecule has 3 N–H and O–H groups in total. The van der Waals surface area contributed by atoms with Crippen LogP contribution in [0, 0.1) is 11.8 Å². The van der Waals surface area contributed by atoms with Crippen LogP contribution in [0.4, 0.5) is 0 Å². The fourth-order valence-electron chi connectivity index (χ4n) is 6.08. The Balaban J connectivity index is 2.11. The molecule has 0 unspecified atom stereocenters. The van der Waals surface area contributed by atoms with E-state index in [1.54, 1.807) is 28.1 Å². The number of nitrogens with zero attached hydrogens (tertiary/aromatic N) is 1. The minimum Gasteiger partial charge on any atom is -0.466 e. The third-order valence-corrected chi connectivity index (χ3v) is 8.93. The van der Waals surface area contributed by atoms with Gasteiger partial charge in [0.2, 0.25) is 17.7 Å². The molecule has 0 saturated carbocycles. The number of hydrogen-bond donors (Lipinski definition) is 3. The van der Waals surface area contributed by atoms with Crippen molar-refractivity contribution >= 4 is 23.7 Å². The number of nitrogens with one attached hydrogen (secondary N) is 3. The summed E-state index contributed by atoms with van der Waals surface area (Å²) in [6, 6.07) is 8.43. The van der Waals surface area contributed by atoms with Gasteiger partial charge in [0.15, 0.2) is 0 Å². The average Bonchev–Trinajstić information content (AvgIpc) is 3.54. The fraction of sp³-hybridized carbons (Fsp3) is 0.706. The van der Waals surface area contributed by atoms with Crippen molar-refractivity contribution in [1.29, 1.82) is 0 Å². The molecule has 11 heteroatoms. The van der Waals surface area contributed by atoms with Gasteiger partial charge in [-0.1, -0.05) is 64.4 Å². The van der Waals surface area contributed by atoms with E-state index in [4.69, 9.17) is 14.2 Å². The molecule has 1 aliphatic heterocycles. The maximum Gasteiger partial charge on any atom is 0.305 e. The second-order valence-electron chi connectivity index (χ2n) is 11.9. The Morgan fingerprint density at radius 2 is 1.73 bits per heavy atom. The second kappa shape index (κ2) is 20.2. The molecule has 3 amide bonds. The summed E-state index contributed by atoms with van der Waals surface area (Å²) < 4.78 is 16.8. The lowest BCUT2D eigenvalue weighted by atomic mass is 9.91. The normalized spacial score (nSPS) is 18.7. The maximum absolute atomic E-state index is 13.7. The van der Waals surface area contributed by atoms with E-state index in [0.717, 1.165) is 24.8 Å². The highest BCUT2D eigenvalue weighted by Gasteiger charge is 2.41. The van der Waals surface area contributed by atoms with Crippen LogP contribution < -0.4 is 16.0 Å². The molecule has 1 aliphatic rings. The number of benzene rings is 1. The first kappa shape index (κ1) is 38.2. The van der Waals surface area contributed by atoms with Crippen LogP contribution >= 0.6 is 0 Å². The van der Waals surface area contributed by atoms with E-state index in [2.05, 4.69) is 29.8 Å². The first-order valence-electron chi connectivity index (χ1n) is 16.4. The van der Waals surface area contributed by atoms with Gasteiger partial charge >= 0.3 is 5.97 Å². The van der Waals surface area contributed by atoms with Gasteiger partial charge in [-0.15, -0.1) is 0 Å². The summed E-state index contributed by atoms with van der Waals surface area (Å²) in [6.07, 6.45) is 2.97. The van der Waals surface area contributed by atoms with Gasteiger partial charge in [-0.25, -0.2) is 0 Å². The van der Waals surface area contributed by atoms with Crippen LogP contribution in [0.15, 0.2) is 30.3 Å². The van der Waals surface area contributed by atoms with Crippen molar-refractivity contribution in [3.8, 4) is 0 Å². The highest BCUT2D eigenvalue weighted by molar-refractivity contribution is 5.89. The first-order valence-corrected chi connectivity index (χ1v) is 16.4. The third kappa shape index (κ3) is 11.7. The molecular weight excluding hydrogens is 576 g/mol. The minimum atomic E-state index is -0.819. The van der Waals surface area contributed by atoms with Crippen molar-refractivity contribution in [3.63, 3.8) is 0 Å². The number of ether oxygens (including phenoxy) is 3. The van der Waals surface area contributed by atoms with Crippen molar-refractivity contribution in [1.82, 2.24) is 20.9 Å². The Kier molecular flexibility index (Phi) is 17.1. The van der Waals surface area contributed by atoms with Crippen LogP contribution in [-0.4, -0.2) is 99.9 Å². The zero-order valence-electron chi connectivity index (χ0n) is 28.3. The van der Waals surface area contributed by atoms with Crippen molar-refractivity contribution < 1.29 is 33.4 Å². The van der Waals surface area contributed by atoms with Crippen LogP contribution in [0.1, 0.15) is 71.8 Å². The molecule has 45 heavy (non-hydrogen) atoms. The minimum absolute atomic E-state index is 0.0199. The van der Waals surface area contributed by atoms with Crippen molar-refractivity contribution in [2.24, 2.45) is 11.8 Å². The molecule has 0 aliphatic carbocycles. The number of esters is 1. The number of rotatable bonds is 20. The molecule has 7 atom stereocenters. The topological polar surface area (TPSA) is 135 Å². The summed E-state index contributed by atoms with van der Waals surface area (Å²) >= 11 is 0. The lowest BCUT2D eigenvalue weighted by Gasteiger charge is -2.36. The molecule has 1 fully saturated rings. The second-order valence-corrected chi connectivity index (χ2v) is 11.9. The van der Waals surface area contributed by atoms with Crippen LogP contribution in [0.2, 0.25) is 0 Å². The predicted octanol–water partition coefficient (Wildman–Crippen LogP) is 2.85. The van der Waals surface area contributed by atoms with Crippen molar-refractivity contribution in [2.45, 2.75) is 103 Å². The number of carbonyl (C=O) groups excluding carboxylic acids is 4. The molecule has 254 valence electrons. The molecule has 1 aromatic rings. The van der Waals surface area contributed by atoms with Crippen LogP contribution in [0.5, 0.6) is 0 Å². The Morgan fingerprint density at radius 3 is 2.33 bits per heavy atom. The van der Waals surface area contributed by atoms with Gasteiger partial charge in [0.25, 0.3) is 0 Å². The number of amides is 3. The fourth-order valence-corrected chi connectivity index (χ4v) is 6.08. The third-order valence-electron chi connectivity index (χ3n) is 8.93. The van der Waals surface area contributed by atoms with Crippen molar-refractivity contribution in [2.75, 3.05) is 41.0 Å². The standard InChI is InChI=1S/C34H56N4O7/c1-8-23(3)31(35-5)28(43-6)22-29(39)38-19-13-17-27(38)32(44-7)24(4)33(41)37-26(21-25-15-11-10-12-16-25)34(42)36-18-14-20-45-30(40)9-2/h10-12,15-16,23-24,26-28,31-32,35H,8-9,13-14,17-22H2,1-7H3,(H,36,42)(H,37,41)/t23-,24+,26-,27-,28+,31-,32+/m0/s1. The molecule has 0 spiro atoms. The predicted molar refractivity (Wildman–Crippen MR) is 173 cm³/mol. The van der Waals surface area contributed by atoms with E-state index in [-0.39, 0.29) is 54.9 Å². The summed E-state index contributed by atoms with van der Waals surface area (Å²) in [5.74, 6) is -1.25. The molecule has 0 radical (unpaired) electrons. The number of likely N-dealkylation sites (tertiary alicyclic amines) is 1. The largest absolute Gasteiger partial charge is 0.466 e. The molecule has 2 rings (SSSR count). The van der Waals surface area contributed by atoms with E-state index in [0.29, 0.717) is 38.3 Å². The van der Waals surface area contributed by atoms with Crippen LogP contribution in [0.3, 0.4) is 0 Å². The molecule has 1 saturated heterocycles. The van der Waals surface area contributed by atoms with Gasteiger partial charge in [-0.3, -0.25) is 19.2 Å². The van der Waals surface area contributed by atoms with E-state index in [9.17, 15) is 19.2 Å². The summed E-state index contributed by atoms with van der Waals surface area (Å²) in [4.78, 5) is 53.7. The summed E-state index contributed by atoms with van der Waals surface area (Å²) in [6.45, 7) is 8.88. The highest BCUT2D eigenvalue weighted by Crippen LogP contribution is 2.28. The molecule has 1 aromatic carbocycles. The number of carbonyl (C=O) groups is 4. The number of hydrogen-bond acceptors (Lipinski definition) is 8. The van der Waals surface area contributed by atoms with Crippen LogP contribution in [0.25, 0.3) is 0 Å². The lowest BCUT2D eigenvalue weighted by molar-refractivity contribution is -0.143. The first-order chi connectivity index (χ1) is 21.6. The van der Waals surface area contributed by atoms with Crippen LogP contribution in [-0.2, 0) is 39.8 Å². The van der Waals surface area contributed by atoms with Gasteiger partial charge in [0.1, 0.15) is 6.04 Å². The zero-order chi connectivity index (χ0) is 33.4. The zero-order valence-corrected chi connectivity index (χ0v) is 28.3. The summed E-state index contributed by atoms with van der Waals surface area (Å²) in [5, 5.41) is 9.14. The summed E-state index contributed by atoms with van der Waals surface area (Å²) in [5.41, 5.74) is 0.906. The Bertz CT molecular complexity index is 1060. The number of likely N-dealkylation sites (N-methyl/N-ethyl adjacent to an activating group) is 1. The molecule has 11 nitrogen and oxygen atoms in total. The van der Waals surface area contributed by atoms with E-state index in [1.807, 2.05) is 42.3 Å². The molecule has 0 aromatic heterocycles. The van der Waals surface area contributed by atoms with E-state index in [1.165, 1.54) is 0 Å². The van der Waals surface area contributed by atoms with Gasteiger partial charge in [-0.05, 0) is 37.8 Å². The quantitative estimate of drug-likeness (QED) is 0.148. The van der Waals surface area contributed by atoms with Gasteiger partial charge in [0, 0.05) is 46.2 Å². The van der Waals surface area contributed by atoms with E-state index < -0.39 is 18.1 Å². The van der Waals surface area contributed by atoms with Gasteiger partial charge in [-0.2, -0.15) is 0 Å². The van der Waals surface area contributed by atoms with Gasteiger partial charge < -0.3 is 35.1 Å². The van der Waals surface area contributed by atoms with Gasteiger partial charge in [0.05, 0.1) is 37.2 Å². The Labute approximate surface area is 269 Å². The molecule has 0 bridgehead atoms. The number of methoxy groups -OCH3 is 2. The lowest BCUT2D eigenvalue weighted by Crippen LogP contribution is -2.54. The van der Waals surface area contributed by atoms with Crippen molar-refractivity contribution in [3.05, 3.63) is 35.9 Å². The summed E-state index contributed by atoms with van der Waals surface area (Å²) in [7, 11) is 5.09. The smallest absolute Gasteiger partial charge is 0.305 e. The maximum atomic E-state index is 13.7. The SMILES string of the molecule is CCC(=O)OCCCNC(=O)[C@H](Cc1ccccc1)NC(=O)[C@H](C)[C@@H](OC)[C@@H]1CCCN1C(=O)C[C@@H](OC)[C@@H](NC)[C@@H](C)CC. The average molecular weight is 633 g/mol. The molecular formula is C34H56N4O7. The monoisotopic (exact) mass is 632 g/mol. The Morgan fingerprint density at radius 1 is 1.02 bits per heavy atom. The highest BCUT2D eigenvalue weighted by atomic mass is 16.5. The van der Waals surface area contributed by atoms with E-state index >= 15 is 0 Å². The Hall–Kier alpha value is -3.02.